The Morgan fingerprint density at radius 2 is 1.90 bits per heavy atom. The van der Waals surface area contributed by atoms with E-state index in [2.05, 4.69) is 0 Å². The highest BCUT2D eigenvalue weighted by molar-refractivity contribution is 5.93. The van der Waals surface area contributed by atoms with Crippen molar-refractivity contribution in [2.75, 3.05) is 39.3 Å². The van der Waals surface area contributed by atoms with Crippen LogP contribution in [0.1, 0.15) is 22.3 Å². The van der Waals surface area contributed by atoms with Crippen LogP contribution in [0.15, 0.2) is 18.2 Å². The SMILES string of the molecule is COCCCOCCOCc1ccc(C(N)=O)cc1N. The van der Waals surface area contributed by atoms with E-state index in [-0.39, 0.29) is 0 Å². The van der Waals surface area contributed by atoms with Gasteiger partial charge < -0.3 is 25.7 Å². The summed E-state index contributed by atoms with van der Waals surface area (Å²) < 4.78 is 15.7. The van der Waals surface area contributed by atoms with Crippen molar-refractivity contribution in [1.29, 1.82) is 0 Å². The van der Waals surface area contributed by atoms with E-state index in [1.165, 1.54) is 0 Å². The number of carbonyl (C=O) groups is 1. The molecule has 0 aromatic heterocycles. The quantitative estimate of drug-likeness (QED) is 0.491. The van der Waals surface area contributed by atoms with Crippen molar-refractivity contribution in [3.8, 4) is 0 Å². The Morgan fingerprint density at radius 1 is 1.15 bits per heavy atom. The predicted molar refractivity (Wildman–Crippen MR) is 76.3 cm³/mol. The van der Waals surface area contributed by atoms with Crippen LogP contribution in [-0.4, -0.2) is 39.4 Å². The molecule has 0 saturated heterocycles. The van der Waals surface area contributed by atoms with Crippen LogP contribution in [0, 0.1) is 0 Å². The highest BCUT2D eigenvalue weighted by atomic mass is 16.5. The van der Waals surface area contributed by atoms with Gasteiger partial charge >= 0.3 is 0 Å². The molecule has 0 aliphatic heterocycles. The van der Waals surface area contributed by atoms with Crippen molar-refractivity contribution >= 4 is 11.6 Å². The van der Waals surface area contributed by atoms with Crippen molar-refractivity contribution in [3.63, 3.8) is 0 Å². The third kappa shape index (κ3) is 6.01. The fourth-order valence-electron chi connectivity index (χ4n) is 1.59. The molecule has 20 heavy (non-hydrogen) atoms. The first-order valence-electron chi connectivity index (χ1n) is 6.47. The average Bonchev–Trinajstić information content (AvgIpc) is 2.43. The molecular weight excluding hydrogens is 260 g/mol. The second kappa shape index (κ2) is 9.30. The van der Waals surface area contributed by atoms with E-state index in [0.29, 0.717) is 44.3 Å². The molecule has 1 amide bonds. The lowest BCUT2D eigenvalue weighted by Gasteiger charge is -2.08. The van der Waals surface area contributed by atoms with Gasteiger partial charge in [0.15, 0.2) is 0 Å². The lowest BCUT2D eigenvalue weighted by Crippen LogP contribution is -2.12. The topological polar surface area (TPSA) is 96.8 Å². The van der Waals surface area contributed by atoms with Crippen LogP contribution >= 0.6 is 0 Å². The molecule has 112 valence electrons. The summed E-state index contributed by atoms with van der Waals surface area (Å²) in [6.45, 7) is 2.76. The molecular formula is C14H22N2O4. The van der Waals surface area contributed by atoms with Gasteiger partial charge in [-0.1, -0.05) is 6.07 Å². The minimum Gasteiger partial charge on any atom is -0.398 e. The van der Waals surface area contributed by atoms with Crippen molar-refractivity contribution in [2.24, 2.45) is 5.73 Å². The Kier molecular flexibility index (Phi) is 7.64. The third-order valence-corrected chi connectivity index (χ3v) is 2.70. The smallest absolute Gasteiger partial charge is 0.248 e. The molecule has 0 saturated carbocycles. The van der Waals surface area contributed by atoms with Gasteiger partial charge in [0.2, 0.25) is 5.91 Å². The Hall–Kier alpha value is -1.63. The molecule has 1 rings (SSSR count). The molecule has 0 aliphatic carbocycles. The van der Waals surface area contributed by atoms with Crippen LogP contribution in [0.2, 0.25) is 0 Å². The van der Waals surface area contributed by atoms with Gasteiger partial charge in [0.1, 0.15) is 0 Å². The van der Waals surface area contributed by atoms with E-state index < -0.39 is 5.91 Å². The number of hydrogen-bond donors (Lipinski definition) is 2. The molecule has 4 N–H and O–H groups in total. The molecule has 0 atom stereocenters. The van der Waals surface area contributed by atoms with Gasteiger partial charge in [-0.15, -0.1) is 0 Å². The minimum absolute atomic E-state index is 0.381. The van der Waals surface area contributed by atoms with Gasteiger partial charge in [0.25, 0.3) is 0 Å². The molecule has 0 heterocycles. The fourth-order valence-corrected chi connectivity index (χ4v) is 1.59. The summed E-state index contributed by atoms with van der Waals surface area (Å²) in [5.74, 6) is -0.492. The second-order valence-electron chi connectivity index (χ2n) is 4.29. The lowest BCUT2D eigenvalue weighted by atomic mass is 10.1. The first kappa shape index (κ1) is 16.4. The Balaban J connectivity index is 2.20. The van der Waals surface area contributed by atoms with Gasteiger partial charge in [0, 0.05) is 37.1 Å². The number of methoxy groups -OCH3 is 1. The predicted octanol–water partition coefficient (Wildman–Crippen LogP) is 0.937. The van der Waals surface area contributed by atoms with E-state index in [4.69, 9.17) is 25.7 Å². The Bertz CT molecular complexity index is 424. The van der Waals surface area contributed by atoms with E-state index in [9.17, 15) is 4.79 Å². The summed E-state index contributed by atoms with van der Waals surface area (Å²) in [5, 5.41) is 0. The fraction of sp³-hybridized carbons (Fsp3) is 0.500. The molecule has 0 bridgehead atoms. The van der Waals surface area contributed by atoms with Gasteiger partial charge in [-0.2, -0.15) is 0 Å². The summed E-state index contributed by atoms with van der Waals surface area (Å²) in [7, 11) is 1.66. The maximum atomic E-state index is 11.0. The van der Waals surface area contributed by atoms with Crippen LogP contribution in [0.3, 0.4) is 0 Å². The number of ether oxygens (including phenoxy) is 3. The van der Waals surface area contributed by atoms with Crippen LogP contribution in [-0.2, 0) is 20.8 Å². The molecule has 0 unspecified atom stereocenters. The molecule has 0 radical (unpaired) electrons. The van der Waals surface area contributed by atoms with Gasteiger partial charge in [0.05, 0.1) is 19.8 Å². The van der Waals surface area contributed by atoms with Crippen LogP contribution in [0.4, 0.5) is 5.69 Å². The largest absolute Gasteiger partial charge is 0.398 e. The number of nitrogen functional groups attached to an aromatic ring is 1. The van der Waals surface area contributed by atoms with E-state index in [1.807, 2.05) is 0 Å². The number of hydrogen-bond acceptors (Lipinski definition) is 5. The zero-order chi connectivity index (χ0) is 14.8. The number of benzene rings is 1. The second-order valence-corrected chi connectivity index (χ2v) is 4.29. The first-order chi connectivity index (χ1) is 9.65. The molecule has 0 fully saturated rings. The average molecular weight is 282 g/mol. The van der Waals surface area contributed by atoms with Crippen molar-refractivity contribution in [2.45, 2.75) is 13.0 Å². The van der Waals surface area contributed by atoms with E-state index in [0.717, 1.165) is 12.0 Å². The molecule has 1 aromatic carbocycles. The molecule has 6 nitrogen and oxygen atoms in total. The molecule has 1 aromatic rings. The summed E-state index contributed by atoms with van der Waals surface area (Å²) in [6.07, 6.45) is 0.873. The Labute approximate surface area is 119 Å². The van der Waals surface area contributed by atoms with Gasteiger partial charge in [-0.3, -0.25) is 4.79 Å². The summed E-state index contributed by atoms with van der Waals surface area (Å²) in [5.41, 5.74) is 12.7. The standard InChI is InChI=1S/C14H22N2O4/c1-18-5-2-6-19-7-8-20-10-12-4-3-11(14(16)17)9-13(12)15/h3-4,9H,2,5-8,10,15H2,1H3,(H2,16,17). The number of rotatable bonds is 10. The summed E-state index contributed by atoms with van der Waals surface area (Å²) in [4.78, 5) is 11.0. The maximum Gasteiger partial charge on any atom is 0.248 e. The summed E-state index contributed by atoms with van der Waals surface area (Å²) >= 11 is 0. The highest BCUT2D eigenvalue weighted by Crippen LogP contribution is 2.15. The number of anilines is 1. The van der Waals surface area contributed by atoms with Gasteiger partial charge in [-0.25, -0.2) is 0 Å². The minimum atomic E-state index is -0.492. The van der Waals surface area contributed by atoms with Crippen molar-refractivity contribution in [1.82, 2.24) is 0 Å². The number of carbonyl (C=O) groups excluding carboxylic acids is 1. The number of nitrogens with two attached hydrogens (primary N) is 2. The normalized spacial score (nSPS) is 10.7. The maximum absolute atomic E-state index is 11.0. The highest BCUT2D eigenvalue weighted by Gasteiger charge is 2.04. The van der Waals surface area contributed by atoms with Crippen LogP contribution < -0.4 is 11.5 Å². The van der Waals surface area contributed by atoms with Crippen LogP contribution in [0.5, 0.6) is 0 Å². The van der Waals surface area contributed by atoms with Crippen molar-refractivity contribution in [3.05, 3.63) is 29.3 Å². The summed E-state index contributed by atoms with van der Waals surface area (Å²) in [6, 6.07) is 4.94. The lowest BCUT2D eigenvalue weighted by molar-refractivity contribution is 0.0338. The zero-order valence-electron chi connectivity index (χ0n) is 11.8. The van der Waals surface area contributed by atoms with Crippen LogP contribution in [0.25, 0.3) is 0 Å². The molecule has 0 spiro atoms. The number of primary amides is 1. The van der Waals surface area contributed by atoms with Gasteiger partial charge in [-0.05, 0) is 18.6 Å². The van der Waals surface area contributed by atoms with Crippen molar-refractivity contribution < 1.29 is 19.0 Å². The van der Waals surface area contributed by atoms with E-state index in [1.54, 1.807) is 25.3 Å². The molecule has 6 heteroatoms. The molecule has 0 aliphatic rings. The van der Waals surface area contributed by atoms with E-state index >= 15 is 0 Å². The Morgan fingerprint density at radius 3 is 2.55 bits per heavy atom. The first-order valence-corrected chi connectivity index (χ1v) is 6.47. The third-order valence-electron chi connectivity index (χ3n) is 2.70. The monoisotopic (exact) mass is 282 g/mol. The zero-order valence-corrected chi connectivity index (χ0v) is 11.8. The number of amides is 1.